The molecule has 0 aromatic carbocycles. The van der Waals surface area contributed by atoms with E-state index in [2.05, 4.69) is 0 Å². The third-order valence-corrected chi connectivity index (χ3v) is 1.78. The minimum absolute atomic E-state index is 0.125. The van der Waals surface area contributed by atoms with Crippen LogP contribution in [0.4, 0.5) is 0 Å². The van der Waals surface area contributed by atoms with Crippen LogP contribution in [0.1, 0.15) is 6.42 Å². The predicted octanol–water partition coefficient (Wildman–Crippen LogP) is -0.245. The first-order valence-electron chi connectivity index (χ1n) is 3.63. The minimum atomic E-state index is -0.368. The molecule has 1 rings (SSSR count). The fourth-order valence-corrected chi connectivity index (χ4v) is 1.23. The average Bonchev–Trinajstić information content (AvgIpc) is 2.39. The summed E-state index contributed by atoms with van der Waals surface area (Å²) in [6.07, 6.45) is -0.258. The molecule has 1 N–H and O–H groups in total. The third-order valence-electron chi connectivity index (χ3n) is 1.78. The van der Waals surface area contributed by atoms with Crippen molar-refractivity contribution < 1.29 is 19.3 Å². The molecule has 0 saturated carbocycles. The Kier molecular flexibility index (Phi) is 3.26. The first-order valence-corrected chi connectivity index (χ1v) is 3.63. The van der Waals surface area contributed by atoms with Crippen LogP contribution in [-0.2, 0) is 14.2 Å². The molecule has 1 aliphatic rings. The van der Waals surface area contributed by atoms with Crippen molar-refractivity contribution >= 4 is 0 Å². The van der Waals surface area contributed by atoms with Crippen LogP contribution in [0.3, 0.4) is 0 Å². The molecule has 0 amide bonds. The van der Waals surface area contributed by atoms with Gasteiger partial charge < -0.3 is 19.3 Å². The van der Waals surface area contributed by atoms with Crippen LogP contribution < -0.4 is 0 Å². The van der Waals surface area contributed by atoms with Gasteiger partial charge in [-0.25, -0.2) is 0 Å². The standard InChI is InChI=1S/C7H14O4/c1-9-7(10-2)6-3-5(8)4-11-6/h5-8H,3-4H2,1-2H3/t5-,6?/m0/s1. The van der Waals surface area contributed by atoms with Gasteiger partial charge in [0.15, 0.2) is 6.29 Å². The summed E-state index contributed by atoms with van der Waals surface area (Å²) < 4.78 is 15.2. The zero-order valence-electron chi connectivity index (χ0n) is 6.82. The summed E-state index contributed by atoms with van der Waals surface area (Å²) in [5, 5.41) is 9.10. The molecule has 2 atom stereocenters. The molecular formula is C7H14O4. The Balaban J connectivity index is 2.34. The van der Waals surface area contributed by atoms with E-state index >= 15 is 0 Å². The Morgan fingerprint density at radius 2 is 2.09 bits per heavy atom. The van der Waals surface area contributed by atoms with Crippen LogP contribution in [0.5, 0.6) is 0 Å². The molecule has 1 saturated heterocycles. The molecule has 66 valence electrons. The van der Waals surface area contributed by atoms with Gasteiger partial charge in [0.25, 0.3) is 0 Å². The summed E-state index contributed by atoms with van der Waals surface area (Å²) in [7, 11) is 3.12. The van der Waals surface area contributed by atoms with E-state index in [1.54, 1.807) is 14.2 Å². The van der Waals surface area contributed by atoms with Crippen LogP contribution in [0.15, 0.2) is 0 Å². The lowest BCUT2D eigenvalue weighted by molar-refractivity contribution is -0.167. The summed E-state index contributed by atoms with van der Waals surface area (Å²) in [6.45, 7) is 0.383. The second kappa shape index (κ2) is 4.01. The molecule has 0 spiro atoms. The zero-order valence-corrected chi connectivity index (χ0v) is 6.82. The van der Waals surface area contributed by atoms with Crippen LogP contribution in [0.2, 0.25) is 0 Å². The number of rotatable bonds is 3. The highest BCUT2D eigenvalue weighted by atomic mass is 16.7. The number of methoxy groups -OCH3 is 2. The fraction of sp³-hybridized carbons (Fsp3) is 1.00. The van der Waals surface area contributed by atoms with Gasteiger partial charge in [0.1, 0.15) is 6.10 Å². The van der Waals surface area contributed by atoms with Crippen molar-refractivity contribution in [2.45, 2.75) is 24.9 Å². The Labute approximate surface area is 66.1 Å². The highest BCUT2D eigenvalue weighted by Crippen LogP contribution is 2.18. The molecule has 4 nitrogen and oxygen atoms in total. The molecule has 1 fully saturated rings. The second-order valence-corrected chi connectivity index (χ2v) is 2.60. The van der Waals surface area contributed by atoms with Gasteiger partial charge in [0.2, 0.25) is 0 Å². The van der Waals surface area contributed by atoms with Crippen LogP contribution in [0, 0.1) is 0 Å². The van der Waals surface area contributed by atoms with Crippen molar-refractivity contribution in [1.29, 1.82) is 0 Å². The Morgan fingerprint density at radius 1 is 1.45 bits per heavy atom. The van der Waals surface area contributed by atoms with Gasteiger partial charge in [-0.2, -0.15) is 0 Å². The largest absolute Gasteiger partial charge is 0.391 e. The van der Waals surface area contributed by atoms with Gasteiger partial charge in [-0.15, -0.1) is 0 Å². The monoisotopic (exact) mass is 162 g/mol. The van der Waals surface area contributed by atoms with E-state index in [1.807, 2.05) is 0 Å². The van der Waals surface area contributed by atoms with E-state index < -0.39 is 0 Å². The number of aliphatic hydroxyl groups excluding tert-OH is 1. The lowest BCUT2D eigenvalue weighted by Gasteiger charge is -2.18. The summed E-state index contributed by atoms with van der Waals surface area (Å²) in [5.74, 6) is 0. The number of ether oxygens (including phenoxy) is 3. The van der Waals surface area contributed by atoms with Crippen molar-refractivity contribution in [2.75, 3.05) is 20.8 Å². The third kappa shape index (κ3) is 2.13. The van der Waals surface area contributed by atoms with Gasteiger partial charge >= 0.3 is 0 Å². The van der Waals surface area contributed by atoms with Gasteiger partial charge in [-0.1, -0.05) is 0 Å². The Hall–Kier alpha value is -0.160. The van der Waals surface area contributed by atoms with Gasteiger partial charge in [0, 0.05) is 20.6 Å². The molecule has 0 aromatic rings. The summed E-state index contributed by atoms with van der Waals surface area (Å²) in [6, 6.07) is 0. The van der Waals surface area contributed by atoms with Crippen LogP contribution >= 0.6 is 0 Å². The fourth-order valence-electron chi connectivity index (χ4n) is 1.23. The number of hydrogen-bond donors (Lipinski definition) is 1. The molecule has 0 aliphatic carbocycles. The van der Waals surface area contributed by atoms with Gasteiger partial charge in [-0.05, 0) is 0 Å². The smallest absolute Gasteiger partial charge is 0.183 e. The molecule has 1 unspecified atom stereocenters. The first kappa shape index (κ1) is 8.93. The van der Waals surface area contributed by atoms with E-state index in [1.165, 1.54) is 0 Å². The SMILES string of the molecule is COC(OC)C1C[C@H](O)CO1. The van der Waals surface area contributed by atoms with Crippen molar-refractivity contribution in [3.05, 3.63) is 0 Å². The summed E-state index contributed by atoms with van der Waals surface area (Å²) in [4.78, 5) is 0. The Morgan fingerprint density at radius 3 is 2.45 bits per heavy atom. The van der Waals surface area contributed by atoms with E-state index in [9.17, 15) is 0 Å². The lowest BCUT2D eigenvalue weighted by atomic mass is 10.2. The summed E-state index contributed by atoms with van der Waals surface area (Å²) in [5.41, 5.74) is 0. The maximum atomic E-state index is 9.10. The van der Waals surface area contributed by atoms with Crippen molar-refractivity contribution in [2.24, 2.45) is 0 Å². The molecule has 0 bridgehead atoms. The molecule has 4 heteroatoms. The van der Waals surface area contributed by atoms with Crippen molar-refractivity contribution in [3.8, 4) is 0 Å². The van der Waals surface area contributed by atoms with Crippen molar-refractivity contribution in [3.63, 3.8) is 0 Å². The molecule has 1 aliphatic heterocycles. The predicted molar refractivity (Wildman–Crippen MR) is 38.2 cm³/mol. The second-order valence-electron chi connectivity index (χ2n) is 2.60. The Bertz CT molecular complexity index is 113. The maximum Gasteiger partial charge on any atom is 0.183 e. The van der Waals surface area contributed by atoms with Crippen LogP contribution in [0.25, 0.3) is 0 Å². The van der Waals surface area contributed by atoms with E-state index in [4.69, 9.17) is 19.3 Å². The van der Waals surface area contributed by atoms with Gasteiger partial charge in [0.05, 0.1) is 12.7 Å². The quantitative estimate of drug-likeness (QED) is 0.581. The number of hydrogen-bond acceptors (Lipinski definition) is 4. The van der Waals surface area contributed by atoms with E-state index in [-0.39, 0.29) is 18.5 Å². The number of aliphatic hydroxyl groups is 1. The molecular weight excluding hydrogens is 148 g/mol. The molecule has 11 heavy (non-hydrogen) atoms. The summed E-state index contributed by atoms with van der Waals surface area (Å²) >= 11 is 0. The van der Waals surface area contributed by atoms with Crippen molar-refractivity contribution in [1.82, 2.24) is 0 Å². The molecule has 0 radical (unpaired) electrons. The average molecular weight is 162 g/mol. The highest BCUT2D eigenvalue weighted by Gasteiger charge is 2.30. The normalized spacial score (nSPS) is 31.6. The van der Waals surface area contributed by atoms with E-state index in [0.717, 1.165) is 0 Å². The zero-order chi connectivity index (χ0) is 8.27. The topological polar surface area (TPSA) is 47.9 Å². The highest BCUT2D eigenvalue weighted by molar-refractivity contribution is 4.74. The van der Waals surface area contributed by atoms with Gasteiger partial charge in [-0.3, -0.25) is 0 Å². The minimum Gasteiger partial charge on any atom is -0.391 e. The van der Waals surface area contributed by atoms with E-state index in [0.29, 0.717) is 13.0 Å². The molecule has 0 aromatic heterocycles. The lowest BCUT2D eigenvalue weighted by Crippen LogP contribution is -2.29. The molecule has 1 heterocycles. The maximum absolute atomic E-state index is 9.10. The first-order chi connectivity index (χ1) is 5.27. The van der Waals surface area contributed by atoms with Crippen LogP contribution in [-0.4, -0.2) is 44.4 Å².